The molecular formula is C14H14IN5OS. The van der Waals surface area contributed by atoms with Crippen LogP contribution in [-0.4, -0.2) is 43.7 Å². The number of nitrogens with zero attached hydrogens (tertiary/aromatic N) is 5. The largest absolute Gasteiger partial charge is 0.336 e. The van der Waals surface area contributed by atoms with Crippen LogP contribution in [0.2, 0.25) is 0 Å². The second kappa shape index (κ2) is 6.29. The fourth-order valence-electron chi connectivity index (χ4n) is 2.11. The minimum absolute atomic E-state index is 0.142. The van der Waals surface area contributed by atoms with Gasteiger partial charge < -0.3 is 4.90 Å². The molecule has 8 heteroatoms. The molecule has 0 N–H and O–H groups in total. The van der Waals surface area contributed by atoms with Gasteiger partial charge in [-0.15, -0.1) is 10.2 Å². The predicted octanol–water partition coefficient (Wildman–Crippen LogP) is 2.94. The van der Waals surface area contributed by atoms with Crippen LogP contribution in [0.4, 0.5) is 0 Å². The van der Waals surface area contributed by atoms with Crippen molar-refractivity contribution >= 4 is 44.8 Å². The Morgan fingerprint density at radius 1 is 1.23 bits per heavy atom. The maximum Gasteiger partial charge on any atom is 0.293 e. The lowest BCUT2D eigenvalue weighted by atomic mass is 10.2. The van der Waals surface area contributed by atoms with Gasteiger partial charge >= 0.3 is 0 Å². The van der Waals surface area contributed by atoms with E-state index in [2.05, 4.69) is 37.9 Å². The Bertz CT molecular complexity index is 806. The Hall–Kier alpha value is -1.55. The monoisotopic (exact) mass is 427 g/mol. The molecule has 0 saturated heterocycles. The third-order valence-electron chi connectivity index (χ3n) is 3.32. The Morgan fingerprint density at radius 2 is 1.91 bits per heavy atom. The van der Waals surface area contributed by atoms with E-state index in [-0.39, 0.29) is 11.7 Å². The first-order valence-corrected chi connectivity index (χ1v) is 8.81. The van der Waals surface area contributed by atoms with Crippen LogP contribution >= 0.6 is 33.9 Å². The number of hydrogen-bond acceptors (Lipinski definition) is 5. The van der Waals surface area contributed by atoms with Crippen LogP contribution in [0, 0.1) is 3.57 Å². The zero-order valence-electron chi connectivity index (χ0n) is 12.2. The van der Waals surface area contributed by atoms with E-state index in [1.807, 2.05) is 38.1 Å². The highest BCUT2D eigenvalue weighted by Crippen LogP contribution is 2.26. The molecule has 0 atom stereocenters. The van der Waals surface area contributed by atoms with Gasteiger partial charge in [0.2, 0.25) is 10.8 Å². The number of rotatable bonds is 4. The predicted molar refractivity (Wildman–Crippen MR) is 94.1 cm³/mol. The quantitative estimate of drug-likeness (QED) is 0.601. The summed E-state index contributed by atoms with van der Waals surface area (Å²) in [6.07, 6.45) is 0. The van der Waals surface area contributed by atoms with Gasteiger partial charge in [0.1, 0.15) is 5.01 Å². The molecular weight excluding hydrogens is 413 g/mol. The number of carbonyl (C=O) groups is 1. The molecule has 3 aromatic rings. The number of halogens is 1. The van der Waals surface area contributed by atoms with Gasteiger partial charge in [-0.1, -0.05) is 23.5 Å². The van der Waals surface area contributed by atoms with Crippen LogP contribution in [0.1, 0.15) is 24.5 Å². The molecule has 1 aromatic carbocycles. The van der Waals surface area contributed by atoms with E-state index >= 15 is 0 Å². The standard InChI is InChI=1S/C14H14IN5OS/c1-3-19(4-2)13(21)11-16-17-14-20(11)18-12(22-14)9-5-7-10(15)8-6-9/h5-8H,3-4H2,1-2H3. The molecule has 0 fully saturated rings. The third-order valence-corrected chi connectivity index (χ3v) is 4.99. The number of hydrogen-bond donors (Lipinski definition) is 0. The normalized spacial score (nSPS) is 11.0. The highest BCUT2D eigenvalue weighted by molar-refractivity contribution is 14.1. The van der Waals surface area contributed by atoms with Crippen molar-refractivity contribution in [1.29, 1.82) is 0 Å². The molecule has 0 aliphatic rings. The minimum Gasteiger partial charge on any atom is -0.336 e. The van der Waals surface area contributed by atoms with Crippen LogP contribution in [0.5, 0.6) is 0 Å². The fraction of sp³-hybridized carbons (Fsp3) is 0.286. The maximum atomic E-state index is 12.4. The number of amides is 1. The zero-order chi connectivity index (χ0) is 15.7. The van der Waals surface area contributed by atoms with Crippen molar-refractivity contribution in [2.75, 3.05) is 13.1 Å². The molecule has 0 aliphatic heterocycles. The van der Waals surface area contributed by atoms with Crippen molar-refractivity contribution in [3.63, 3.8) is 0 Å². The highest BCUT2D eigenvalue weighted by atomic mass is 127. The Kier molecular flexibility index (Phi) is 4.39. The number of fused-ring (bicyclic) bond motifs is 1. The SMILES string of the molecule is CCN(CC)C(=O)c1nnc2sc(-c3ccc(I)cc3)nn12. The summed E-state index contributed by atoms with van der Waals surface area (Å²) < 4.78 is 2.71. The minimum atomic E-state index is -0.142. The average molecular weight is 427 g/mol. The first kappa shape index (κ1) is 15.3. The molecule has 114 valence electrons. The number of benzene rings is 1. The lowest BCUT2D eigenvalue weighted by molar-refractivity contribution is 0.0758. The van der Waals surface area contributed by atoms with E-state index in [0.717, 1.165) is 10.6 Å². The van der Waals surface area contributed by atoms with Crippen LogP contribution in [0.15, 0.2) is 24.3 Å². The van der Waals surface area contributed by atoms with Crippen molar-refractivity contribution in [1.82, 2.24) is 24.7 Å². The molecule has 2 heterocycles. The molecule has 6 nitrogen and oxygen atoms in total. The molecule has 0 spiro atoms. The molecule has 0 saturated carbocycles. The van der Waals surface area contributed by atoms with E-state index in [9.17, 15) is 4.79 Å². The van der Waals surface area contributed by atoms with Crippen LogP contribution in [0.25, 0.3) is 15.5 Å². The number of carbonyl (C=O) groups excluding carboxylic acids is 1. The summed E-state index contributed by atoms with van der Waals surface area (Å²) in [5, 5.41) is 13.4. The molecule has 0 bridgehead atoms. The van der Waals surface area contributed by atoms with Gasteiger partial charge in [-0.3, -0.25) is 4.79 Å². The zero-order valence-corrected chi connectivity index (χ0v) is 15.1. The van der Waals surface area contributed by atoms with Crippen molar-refractivity contribution in [3.05, 3.63) is 33.7 Å². The lowest BCUT2D eigenvalue weighted by Gasteiger charge is -2.16. The summed E-state index contributed by atoms with van der Waals surface area (Å²) in [4.78, 5) is 14.8. The van der Waals surface area contributed by atoms with Crippen molar-refractivity contribution in [2.24, 2.45) is 0 Å². The lowest BCUT2D eigenvalue weighted by Crippen LogP contribution is -2.32. The molecule has 0 aliphatic carbocycles. The highest BCUT2D eigenvalue weighted by Gasteiger charge is 2.22. The summed E-state index contributed by atoms with van der Waals surface area (Å²) in [5.41, 5.74) is 1.01. The van der Waals surface area contributed by atoms with Gasteiger partial charge in [0, 0.05) is 22.2 Å². The van der Waals surface area contributed by atoms with E-state index in [1.165, 1.54) is 14.9 Å². The van der Waals surface area contributed by atoms with Crippen LogP contribution in [-0.2, 0) is 0 Å². The summed E-state index contributed by atoms with van der Waals surface area (Å²) in [6, 6.07) is 8.08. The van der Waals surface area contributed by atoms with E-state index in [0.29, 0.717) is 18.1 Å². The van der Waals surface area contributed by atoms with Crippen LogP contribution in [0.3, 0.4) is 0 Å². The second-order valence-corrected chi connectivity index (χ2v) is 6.81. The Morgan fingerprint density at radius 3 is 2.55 bits per heavy atom. The van der Waals surface area contributed by atoms with Crippen molar-refractivity contribution in [3.8, 4) is 10.6 Å². The molecule has 22 heavy (non-hydrogen) atoms. The summed E-state index contributed by atoms with van der Waals surface area (Å²) in [7, 11) is 0. The summed E-state index contributed by atoms with van der Waals surface area (Å²) >= 11 is 3.69. The van der Waals surface area contributed by atoms with Gasteiger partial charge in [0.25, 0.3) is 5.91 Å². The molecule has 3 rings (SSSR count). The third kappa shape index (κ3) is 2.72. The van der Waals surface area contributed by atoms with E-state index < -0.39 is 0 Å². The molecule has 0 unspecified atom stereocenters. The Labute approximate surface area is 145 Å². The topological polar surface area (TPSA) is 63.4 Å². The smallest absolute Gasteiger partial charge is 0.293 e. The van der Waals surface area contributed by atoms with E-state index in [4.69, 9.17) is 0 Å². The maximum absolute atomic E-state index is 12.4. The van der Waals surface area contributed by atoms with Crippen molar-refractivity contribution in [2.45, 2.75) is 13.8 Å². The molecule has 0 radical (unpaired) electrons. The summed E-state index contributed by atoms with van der Waals surface area (Å²) in [6.45, 7) is 5.16. The van der Waals surface area contributed by atoms with Crippen molar-refractivity contribution < 1.29 is 4.79 Å². The Balaban J connectivity index is 2.01. The van der Waals surface area contributed by atoms with Gasteiger partial charge in [0.15, 0.2) is 0 Å². The molecule has 1 amide bonds. The fourth-order valence-corrected chi connectivity index (χ4v) is 3.32. The van der Waals surface area contributed by atoms with Crippen LogP contribution < -0.4 is 0 Å². The average Bonchev–Trinajstić information content (AvgIpc) is 3.09. The summed E-state index contributed by atoms with van der Waals surface area (Å²) in [5.74, 6) is 0.128. The first-order chi connectivity index (χ1) is 10.6. The second-order valence-electron chi connectivity index (χ2n) is 4.61. The van der Waals surface area contributed by atoms with Gasteiger partial charge in [-0.2, -0.15) is 9.61 Å². The number of aromatic nitrogens is 4. The van der Waals surface area contributed by atoms with Gasteiger partial charge in [-0.05, 0) is 48.6 Å². The first-order valence-electron chi connectivity index (χ1n) is 6.91. The van der Waals surface area contributed by atoms with Gasteiger partial charge in [-0.25, -0.2) is 0 Å². The van der Waals surface area contributed by atoms with E-state index in [1.54, 1.807) is 9.42 Å². The molecule has 2 aromatic heterocycles. The van der Waals surface area contributed by atoms with Gasteiger partial charge in [0.05, 0.1) is 0 Å².